The summed E-state index contributed by atoms with van der Waals surface area (Å²) in [6.07, 6.45) is 0. The molecular weight excluding hydrogens is 464 g/mol. The van der Waals surface area contributed by atoms with E-state index in [0.717, 1.165) is 11.3 Å². The van der Waals surface area contributed by atoms with Crippen LogP contribution < -0.4 is 5.32 Å². The molecule has 0 unspecified atom stereocenters. The Morgan fingerprint density at radius 2 is 1.97 bits per heavy atom. The lowest BCUT2D eigenvalue weighted by atomic mass is 10.2. The normalized spacial score (nSPS) is 10.9. The van der Waals surface area contributed by atoms with Gasteiger partial charge in [0.1, 0.15) is 11.0 Å². The van der Waals surface area contributed by atoms with E-state index in [9.17, 15) is 14.9 Å². The first-order valence-corrected chi connectivity index (χ1v) is 9.80. The van der Waals surface area contributed by atoms with Crippen molar-refractivity contribution in [3.05, 3.63) is 66.5 Å². The third-order valence-corrected chi connectivity index (χ3v) is 5.61. The van der Waals surface area contributed by atoms with Crippen LogP contribution in [0.15, 0.2) is 28.7 Å². The van der Waals surface area contributed by atoms with Crippen molar-refractivity contribution in [2.24, 2.45) is 0 Å². The molecule has 152 valence electrons. The molecule has 0 aliphatic carbocycles. The second-order valence-corrected chi connectivity index (χ2v) is 7.75. The van der Waals surface area contributed by atoms with Crippen molar-refractivity contribution in [3.63, 3.8) is 0 Å². The van der Waals surface area contributed by atoms with Gasteiger partial charge in [-0.25, -0.2) is 0 Å². The Hall–Kier alpha value is -2.72. The zero-order valence-electron chi connectivity index (χ0n) is 15.9. The van der Waals surface area contributed by atoms with E-state index in [0.29, 0.717) is 28.6 Å². The van der Waals surface area contributed by atoms with Gasteiger partial charge in [-0.2, -0.15) is 9.78 Å². The Bertz CT molecular complexity index is 1110. The summed E-state index contributed by atoms with van der Waals surface area (Å²) >= 11 is 9.18. The van der Waals surface area contributed by atoms with E-state index in [2.05, 4.69) is 31.4 Å². The van der Waals surface area contributed by atoms with Crippen LogP contribution in [-0.2, 0) is 17.9 Å². The van der Waals surface area contributed by atoms with Crippen molar-refractivity contribution < 1.29 is 9.72 Å². The van der Waals surface area contributed by atoms with Gasteiger partial charge in [0.25, 0.3) is 0 Å². The Kier molecular flexibility index (Phi) is 6.04. The lowest BCUT2D eigenvalue weighted by Crippen LogP contribution is -2.21. The summed E-state index contributed by atoms with van der Waals surface area (Å²) in [6, 6.07) is 7.49. The minimum absolute atomic E-state index is 0.156. The molecule has 1 N–H and O–H groups in total. The Balaban J connectivity index is 1.77. The number of nitrogens with one attached hydrogen (secondary N) is 1. The van der Waals surface area contributed by atoms with Crippen LogP contribution in [0.1, 0.15) is 22.6 Å². The van der Waals surface area contributed by atoms with Gasteiger partial charge in [0.15, 0.2) is 0 Å². The lowest BCUT2D eigenvalue weighted by Gasteiger charge is -2.07. The Labute approximate surface area is 179 Å². The summed E-state index contributed by atoms with van der Waals surface area (Å²) < 4.78 is 3.34. The highest BCUT2D eigenvalue weighted by Gasteiger charge is 2.25. The number of anilines is 1. The fraction of sp³-hybridized carbons (Fsp3) is 0.278. The number of rotatable bonds is 6. The van der Waals surface area contributed by atoms with Gasteiger partial charge in [-0.05, 0) is 59.3 Å². The van der Waals surface area contributed by atoms with E-state index in [-0.39, 0.29) is 22.7 Å². The van der Waals surface area contributed by atoms with Crippen LogP contribution in [0.2, 0.25) is 5.02 Å². The molecule has 2 aromatic heterocycles. The van der Waals surface area contributed by atoms with E-state index >= 15 is 0 Å². The first kappa shape index (κ1) is 21.0. The van der Waals surface area contributed by atoms with Gasteiger partial charge in [0, 0.05) is 5.02 Å². The van der Waals surface area contributed by atoms with Gasteiger partial charge in [0.2, 0.25) is 5.91 Å². The van der Waals surface area contributed by atoms with Crippen LogP contribution in [0, 0.1) is 30.9 Å². The summed E-state index contributed by atoms with van der Waals surface area (Å²) in [7, 11) is 0. The summed E-state index contributed by atoms with van der Waals surface area (Å²) in [5.74, 6) is -0.677. The molecule has 29 heavy (non-hydrogen) atoms. The molecule has 9 nitrogen and oxygen atoms in total. The molecule has 3 rings (SSSR count). The summed E-state index contributed by atoms with van der Waals surface area (Å²) in [5.41, 5.74) is 3.56. The van der Waals surface area contributed by atoms with E-state index in [1.165, 1.54) is 4.68 Å². The number of nitro groups is 1. The smallest absolute Gasteiger partial charge is 0.358 e. The molecule has 3 aromatic rings. The number of amides is 1. The number of nitrogens with zero attached hydrogens (tertiary/aromatic N) is 5. The van der Waals surface area contributed by atoms with Crippen LogP contribution in [-0.4, -0.2) is 30.4 Å². The number of hydrogen-bond acceptors (Lipinski definition) is 5. The van der Waals surface area contributed by atoms with Crippen LogP contribution >= 0.6 is 27.5 Å². The molecule has 0 fully saturated rings. The van der Waals surface area contributed by atoms with Gasteiger partial charge in [-0.1, -0.05) is 23.7 Å². The number of aromatic nitrogens is 4. The molecule has 0 bridgehead atoms. The molecule has 0 aliphatic heterocycles. The number of hydrogen-bond donors (Lipinski definition) is 1. The molecule has 1 amide bonds. The van der Waals surface area contributed by atoms with Crippen LogP contribution in [0.25, 0.3) is 0 Å². The van der Waals surface area contributed by atoms with Crippen LogP contribution in [0.4, 0.5) is 11.5 Å². The number of carbonyl (C=O) groups is 1. The predicted octanol–water partition coefficient (Wildman–Crippen LogP) is 4.02. The lowest BCUT2D eigenvalue weighted by molar-refractivity contribution is -0.390. The van der Waals surface area contributed by atoms with Gasteiger partial charge in [-0.15, -0.1) is 0 Å². The quantitative estimate of drug-likeness (QED) is 0.423. The molecular formula is C18H18BrClN6O3. The average Bonchev–Trinajstić information content (AvgIpc) is 3.07. The Morgan fingerprint density at radius 3 is 2.59 bits per heavy atom. The summed E-state index contributed by atoms with van der Waals surface area (Å²) in [4.78, 5) is 22.9. The van der Waals surface area contributed by atoms with Crippen molar-refractivity contribution in [1.29, 1.82) is 0 Å². The topological polar surface area (TPSA) is 108 Å². The van der Waals surface area contributed by atoms with Gasteiger partial charge >= 0.3 is 5.82 Å². The third-order valence-electron chi connectivity index (χ3n) is 4.45. The summed E-state index contributed by atoms with van der Waals surface area (Å²) in [5, 5.41) is 22.9. The second kappa shape index (κ2) is 8.34. The zero-order valence-corrected chi connectivity index (χ0v) is 18.3. The molecule has 0 aliphatic rings. The third kappa shape index (κ3) is 4.48. The number of benzene rings is 1. The number of aryl methyl sites for hydroxylation is 1. The van der Waals surface area contributed by atoms with Gasteiger partial charge < -0.3 is 15.4 Å². The maximum atomic E-state index is 12.5. The summed E-state index contributed by atoms with van der Waals surface area (Å²) in [6.45, 7) is 5.67. The van der Waals surface area contributed by atoms with E-state index < -0.39 is 4.92 Å². The van der Waals surface area contributed by atoms with E-state index in [1.54, 1.807) is 24.6 Å². The fourth-order valence-electron chi connectivity index (χ4n) is 2.93. The van der Waals surface area contributed by atoms with Crippen LogP contribution in [0.5, 0.6) is 0 Å². The maximum absolute atomic E-state index is 12.5. The molecule has 1 aromatic carbocycles. The van der Waals surface area contributed by atoms with E-state index in [1.807, 2.05) is 25.1 Å². The highest BCUT2D eigenvalue weighted by atomic mass is 79.9. The minimum Gasteiger partial charge on any atom is -0.358 e. The molecule has 0 radical (unpaired) electrons. The molecule has 0 saturated heterocycles. The first-order valence-electron chi connectivity index (χ1n) is 8.63. The molecule has 2 heterocycles. The largest absolute Gasteiger partial charge is 0.404 e. The van der Waals surface area contributed by atoms with Crippen molar-refractivity contribution in [2.75, 3.05) is 5.32 Å². The molecule has 0 spiro atoms. The monoisotopic (exact) mass is 480 g/mol. The van der Waals surface area contributed by atoms with Crippen LogP contribution in [0.3, 0.4) is 0 Å². The SMILES string of the molecule is Cc1nn(Cc2cccc(Cl)c2)c(C)c1NC(=O)Cn1nc([N+](=O)[O-])c(Br)c1C. The number of carbonyl (C=O) groups excluding carboxylic acids is 1. The minimum atomic E-state index is -0.598. The predicted molar refractivity (Wildman–Crippen MR) is 112 cm³/mol. The standard InChI is InChI=1S/C18H18BrClN6O3/c1-10-17(12(3)24(22-10)8-13-5-4-6-14(20)7-13)21-15(27)9-25-11(2)16(19)18(23-25)26(28)29/h4-7H,8-9H2,1-3H3,(H,21,27). The van der Waals surface area contributed by atoms with Gasteiger partial charge in [0.05, 0.1) is 34.4 Å². The molecule has 0 saturated carbocycles. The van der Waals surface area contributed by atoms with Crippen molar-refractivity contribution in [3.8, 4) is 0 Å². The maximum Gasteiger partial charge on any atom is 0.404 e. The van der Waals surface area contributed by atoms with E-state index in [4.69, 9.17) is 11.6 Å². The average molecular weight is 482 g/mol. The number of halogens is 2. The molecule has 11 heteroatoms. The first-order chi connectivity index (χ1) is 13.7. The van der Waals surface area contributed by atoms with Crippen molar-refractivity contribution in [1.82, 2.24) is 19.6 Å². The highest BCUT2D eigenvalue weighted by molar-refractivity contribution is 9.10. The second-order valence-electron chi connectivity index (χ2n) is 6.52. The Morgan fingerprint density at radius 1 is 1.24 bits per heavy atom. The zero-order chi connectivity index (χ0) is 21.3. The fourth-order valence-corrected chi connectivity index (χ4v) is 3.58. The molecule has 0 atom stereocenters. The van der Waals surface area contributed by atoms with Crippen molar-refractivity contribution in [2.45, 2.75) is 33.9 Å². The highest BCUT2D eigenvalue weighted by Crippen LogP contribution is 2.27. The van der Waals surface area contributed by atoms with Gasteiger partial charge in [-0.3, -0.25) is 9.48 Å². The van der Waals surface area contributed by atoms with Crippen molar-refractivity contribution >= 4 is 44.9 Å².